The highest BCUT2D eigenvalue weighted by Gasteiger charge is 2.28. The lowest BCUT2D eigenvalue weighted by Gasteiger charge is -2.35. The fraction of sp³-hybridized carbons (Fsp3) is 0.286. The average Bonchev–Trinajstić information content (AvgIpc) is 3.50. The number of anilines is 1. The van der Waals surface area contributed by atoms with Crippen molar-refractivity contribution in [1.82, 2.24) is 15.1 Å². The number of morpholine rings is 1. The van der Waals surface area contributed by atoms with Crippen LogP contribution in [0.3, 0.4) is 0 Å². The first-order valence-corrected chi connectivity index (χ1v) is 12.9. The molecule has 6 rings (SSSR count). The van der Waals surface area contributed by atoms with Crippen LogP contribution in [0.4, 0.5) is 5.69 Å². The maximum Gasteiger partial charge on any atom is 0.0963 e. The summed E-state index contributed by atoms with van der Waals surface area (Å²) < 4.78 is 5.87. The van der Waals surface area contributed by atoms with Gasteiger partial charge in [0.1, 0.15) is 0 Å². The zero-order valence-corrected chi connectivity index (χ0v) is 20.8. The lowest BCUT2D eigenvalue weighted by Crippen LogP contribution is -2.44. The van der Waals surface area contributed by atoms with Crippen LogP contribution in [0, 0.1) is 5.41 Å². The van der Waals surface area contributed by atoms with Gasteiger partial charge in [-0.25, -0.2) is 0 Å². The molecule has 178 valence electrons. The van der Waals surface area contributed by atoms with Crippen LogP contribution in [0.2, 0.25) is 0 Å². The van der Waals surface area contributed by atoms with Crippen molar-refractivity contribution in [2.75, 3.05) is 18.8 Å². The van der Waals surface area contributed by atoms with Crippen molar-refractivity contribution >= 4 is 23.2 Å². The number of hydrogen-bond donors (Lipinski definition) is 3. The van der Waals surface area contributed by atoms with Crippen LogP contribution in [0.15, 0.2) is 48.5 Å². The molecule has 1 aliphatic heterocycles. The van der Waals surface area contributed by atoms with Gasteiger partial charge in [-0.05, 0) is 37.1 Å². The van der Waals surface area contributed by atoms with E-state index in [0.29, 0.717) is 5.69 Å². The van der Waals surface area contributed by atoms with Crippen molar-refractivity contribution in [3.05, 3.63) is 70.1 Å². The summed E-state index contributed by atoms with van der Waals surface area (Å²) in [6.07, 6.45) is 2.73. The number of nitrogens with zero attached hydrogens (tertiary/aromatic N) is 2. The van der Waals surface area contributed by atoms with E-state index in [1.165, 1.54) is 38.2 Å². The Morgan fingerprint density at radius 3 is 2.57 bits per heavy atom. The van der Waals surface area contributed by atoms with Crippen LogP contribution < -0.4 is 5.73 Å². The maximum atomic E-state index is 7.46. The van der Waals surface area contributed by atoms with Crippen molar-refractivity contribution < 1.29 is 4.74 Å². The van der Waals surface area contributed by atoms with E-state index in [9.17, 15) is 0 Å². The highest BCUT2D eigenvalue weighted by molar-refractivity contribution is 7.16. The second kappa shape index (κ2) is 8.75. The fourth-order valence-electron chi connectivity index (χ4n) is 5.37. The first kappa shape index (κ1) is 22.2. The quantitative estimate of drug-likeness (QED) is 0.225. The van der Waals surface area contributed by atoms with Gasteiger partial charge in [-0.2, -0.15) is 5.10 Å². The molecule has 0 amide bonds. The first-order valence-electron chi connectivity index (χ1n) is 12.1. The van der Waals surface area contributed by atoms with Crippen LogP contribution in [-0.2, 0) is 17.7 Å². The van der Waals surface area contributed by atoms with E-state index < -0.39 is 0 Å². The van der Waals surface area contributed by atoms with Gasteiger partial charge in [0.2, 0.25) is 0 Å². The van der Waals surface area contributed by atoms with Crippen LogP contribution in [0.5, 0.6) is 0 Å². The summed E-state index contributed by atoms with van der Waals surface area (Å²) in [6, 6.07) is 17.1. The van der Waals surface area contributed by atoms with Gasteiger partial charge >= 0.3 is 0 Å². The Hall–Kier alpha value is -3.26. The molecule has 0 saturated carbocycles. The van der Waals surface area contributed by atoms with Gasteiger partial charge in [-0.15, -0.1) is 11.3 Å². The lowest BCUT2D eigenvalue weighted by atomic mass is 10.0. The van der Waals surface area contributed by atoms with Gasteiger partial charge in [0.15, 0.2) is 0 Å². The van der Waals surface area contributed by atoms with E-state index in [1.54, 1.807) is 0 Å². The van der Waals surface area contributed by atoms with Gasteiger partial charge in [-0.3, -0.25) is 10.00 Å². The van der Waals surface area contributed by atoms with Gasteiger partial charge in [-0.1, -0.05) is 36.4 Å². The number of hydrogen-bond acceptors (Lipinski definition) is 6. The van der Waals surface area contributed by atoms with E-state index in [1.807, 2.05) is 29.5 Å². The largest absolute Gasteiger partial charge is 0.398 e. The fourth-order valence-corrected chi connectivity index (χ4v) is 6.56. The highest BCUT2D eigenvalue weighted by Crippen LogP contribution is 2.46. The number of thiophene rings is 1. The summed E-state index contributed by atoms with van der Waals surface area (Å²) in [7, 11) is 0. The number of ether oxygens (including phenoxy) is 1. The number of fused-ring (bicyclic) bond motifs is 3. The van der Waals surface area contributed by atoms with Crippen molar-refractivity contribution in [2.24, 2.45) is 0 Å². The predicted octanol–water partition coefficient (Wildman–Crippen LogP) is 5.57. The number of nitrogens with one attached hydrogen (secondary N) is 2. The molecule has 4 N–H and O–H groups in total. The second-order valence-electron chi connectivity index (χ2n) is 9.69. The third-order valence-corrected chi connectivity index (χ3v) is 8.12. The van der Waals surface area contributed by atoms with E-state index >= 15 is 0 Å². The Kier molecular flexibility index (Phi) is 5.56. The average molecular weight is 484 g/mol. The molecule has 2 atom stereocenters. The van der Waals surface area contributed by atoms with Gasteiger partial charge < -0.3 is 15.9 Å². The standard InChI is InChI=1S/C28H29N5OS/c1-16-13-33(14-17(2)34-16)15-18-3-5-19(6-4-18)25-10-22-26(35-25)11-23-27(31-32-28(22)23)20-7-8-21(12-29)24(30)9-20/h3-10,12,16-17,29H,11,13-15,30H2,1-2H3,(H,31,32)/t16-,17+. The lowest BCUT2D eigenvalue weighted by molar-refractivity contribution is -0.0704. The molecular formula is C28H29N5OS. The normalized spacial score (nSPS) is 19.5. The van der Waals surface area contributed by atoms with Crippen molar-refractivity contribution in [3.8, 4) is 33.0 Å². The molecule has 4 aromatic rings. The zero-order valence-electron chi connectivity index (χ0n) is 20.0. The van der Waals surface area contributed by atoms with E-state index in [-0.39, 0.29) is 12.2 Å². The molecule has 1 saturated heterocycles. The summed E-state index contributed by atoms with van der Waals surface area (Å²) in [6.45, 7) is 7.23. The van der Waals surface area contributed by atoms with E-state index in [2.05, 4.69) is 59.3 Å². The number of nitrogens with two attached hydrogens (primary N) is 1. The highest BCUT2D eigenvalue weighted by atomic mass is 32.1. The third kappa shape index (κ3) is 4.10. The van der Waals surface area contributed by atoms with Gasteiger partial charge in [0, 0.05) is 70.0 Å². The van der Waals surface area contributed by atoms with Crippen molar-refractivity contribution in [2.45, 2.75) is 39.0 Å². The van der Waals surface area contributed by atoms with Crippen LogP contribution in [0.25, 0.3) is 33.0 Å². The molecule has 0 radical (unpaired) electrons. The molecule has 3 heterocycles. The monoisotopic (exact) mass is 483 g/mol. The first-order chi connectivity index (χ1) is 17.0. The molecule has 1 fully saturated rings. The number of H-pyrrole nitrogens is 1. The molecule has 1 aliphatic carbocycles. The minimum absolute atomic E-state index is 0.290. The van der Waals surface area contributed by atoms with E-state index in [0.717, 1.165) is 48.6 Å². The van der Waals surface area contributed by atoms with Gasteiger partial charge in [0.05, 0.1) is 23.6 Å². The smallest absolute Gasteiger partial charge is 0.0963 e. The zero-order chi connectivity index (χ0) is 24.1. The number of aromatic amines is 1. The SMILES string of the molecule is C[C@@H]1CN(Cc2ccc(-c3cc4c(s3)Cc3c(-c5ccc(C=N)c(N)c5)n[nH]c3-4)cc2)C[C@H](C)O1. The Morgan fingerprint density at radius 1 is 1.11 bits per heavy atom. The molecule has 7 heteroatoms. The predicted molar refractivity (Wildman–Crippen MR) is 143 cm³/mol. The van der Waals surface area contributed by atoms with Crippen molar-refractivity contribution in [1.29, 1.82) is 5.41 Å². The molecule has 35 heavy (non-hydrogen) atoms. The topological polar surface area (TPSA) is 91.0 Å². The Labute approximate surface area is 209 Å². The number of benzene rings is 2. The maximum absolute atomic E-state index is 7.46. The van der Waals surface area contributed by atoms with Crippen molar-refractivity contribution in [3.63, 3.8) is 0 Å². The third-order valence-electron chi connectivity index (χ3n) is 6.94. The van der Waals surface area contributed by atoms with Crippen LogP contribution >= 0.6 is 11.3 Å². The Bertz CT molecular complexity index is 1390. The molecule has 0 spiro atoms. The minimum Gasteiger partial charge on any atom is -0.398 e. The second-order valence-corrected chi connectivity index (χ2v) is 10.8. The summed E-state index contributed by atoms with van der Waals surface area (Å²) >= 11 is 1.86. The molecular weight excluding hydrogens is 454 g/mol. The number of rotatable bonds is 5. The summed E-state index contributed by atoms with van der Waals surface area (Å²) in [4.78, 5) is 5.14. The Balaban J connectivity index is 1.21. The molecule has 2 aliphatic rings. The number of nitrogen functional groups attached to an aromatic ring is 1. The van der Waals surface area contributed by atoms with Gasteiger partial charge in [0.25, 0.3) is 0 Å². The summed E-state index contributed by atoms with van der Waals surface area (Å²) in [5.41, 5.74) is 15.6. The van der Waals surface area contributed by atoms with E-state index in [4.69, 9.17) is 15.9 Å². The molecule has 2 aromatic carbocycles. The molecule has 0 unspecified atom stereocenters. The summed E-state index contributed by atoms with van der Waals surface area (Å²) in [5.74, 6) is 0. The minimum atomic E-state index is 0.290. The molecule has 0 bridgehead atoms. The summed E-state index contributed by atoms with van der Waals surface area (Å²) in [5, 5.41) is 15.3. The number of aromatic nitrogens is 2. The molecule has 2 aromatic heterocycles. The molecule has 6 nitrogen and oxygen atoms in total. The van der Waals surface area contributed by atoms with Crippen LogP contribution in [-0.4, -0.2) is 46.6 Å². The van der Waals surface area contributed by atoms with Crippen LogP contribution in [0.1, 0.15) is 35.4 Å². The Morgan fingerprint density at radius 2 is 1.86 bits per heavy atom.